The van der Waals surface area contributed by atoms with Gasteiger partial charge in [-0.15, -0.1) is 0 Å². The molecule has 3 nitrogen and oxygen atoms in total. The highest BCUT2D eigenvalue weighted by molar-refractivity contribution is 6.30. The normalized spacial score (nSPS) is 24.2. The number of amides is 1. The molecule has 1 saturated carbocycles. The molecule has 0 heterocycles. The maximum absolute atomic E-state index is 12.3. The Hall–Kier alpha value is -1.06. The van der Waals surface area contributed by atoms with Crippen molar-refractivity contribution < 1.29 is 4.79 Å². The van der Waals surface area contributed by atoms with Gasteiger partial charge in [-0.2, -0.15) is 0 Å². The molecule has 1 aliphatic carbocycles. The van der Waals surface area contributed by atoms with Crippen LogP contribution in [-0.4, -0.2) is 12.5 Å². The lowest BCUT2D eigenvalue weighted by Crippen LogP contribution is -2.36. The minimum atomic E-state index is 0.00351. The van der Waals surface area contributed by atoms with Crippen LogP contribution in [0.25, 0.3) is 0 Å². The third-order valence-corrected chi connectivity index (χ3v) is 4.28. The fourth-order valence-electron chi connectivity index (χ4n) is 2.82. The summed E-state index contributed by atoms with van der Waals surface area (Å²) in [6.07, 6.45) is 3.14. The van der Waals surface area contributed by atoms with E-state index in [1.54, 1.807) is 0 Å². The number of hydrogen-bond donors (Lipinski definition) is 2. The standard InChI is InChI=1S/C15H21ClN2O/c1-10(11-5-7-13(16)8-6-11)18-15(19)14-4-2-3-12(14)9-17/h5-8,10,12,14H,2-4,9,17H2,1H3,(H,18,19)/t10-,12?,14?/m1/s1. The zero-order chi connectivity index (χ0) is 13.8. The summed E-state index contributed by atoms with van der Waals surface area (Å²) in [7, 11) is 0. The van der Waals surface area contributed by atoms with Crippen LogP contribution < -0.4 is 11.1 Å². The molecule has 0 aromatic heterocycles. The smallest absolute Gasteiger partial charge is 0.223 e. The molecular weight excluding hydrogens is 260 g/mol. The first-order valence-electron chi connectivity index (χ1n) is 6.87. The highest BCUT2D eigenvalue weighted by Gasteiger charge is 2.32. The van der Waals surface area contributed by atoms with Gasteiger partial charge in [0.1, 0.15) is 0 Å². The van der Waals surface area contributed by atoms with E-state index >= 15 is 0 Å². The maximum atomic E-state index is 12.3. The zero-order valence-electron chi connectivity index (χ0n) is 11.2. The highest BCUT2D eigenvalue weighted by Crippen LogP contribution is 2.31. The third-order valence-electron chi connectivity index (χ3n) is 4.03. The van der Waals surface area contributed by atoms with Crippen LogP contribution in [0.4, 0.5) is 0 Å². The predicted molar refractivity (Wildman–Crippen MR) is 77.9 cm³/mol. The van der Waals surface area contributed by atoms with Gasteiger partial charge in [0.2, 0.25) is 5.91 Å². The van der Waals surface area contributed by atoms with Gasteiger partial charge in [0.25, 0.3) is 0 Å². The summed E-state index contributed by atoms with van der Waals surface area (Å²) in [5.74, 6) is 0.563. The van der Waals surface area contributed by atoms with Gasteiger partial charge in [-0.25, -0.2) is 0 Å². The molecule has 1 aromatic carbocycles. The molecule has 0 aliphatic heterocycles. The van der Waals surface area contributed by atoms with Crippen LogP contribution in [0, 0.1) is 11.8 Å². The van der Waals surface area contributed by atoms with Crippen molar-refractivity contribution >= 4 is 17.5 Å². The van der Waals surface area contributed by atoms with E-state index in [9.17, 15) is 4.79 Å². The lowest BCUT2D eigenvalue weighted by Gasteiger charge is -2.21. The van der Waals surface area contributed by atoms with Crippen molar-refractivity contribution in [1.82, 2.24) is 5.32 Å². The van der Waals surface area contributed by atoms with Gasteiger partial charge in [-0.3, -0.25) is 4.79 Å². The lowest BCUT2D eigenvalue weighted by atomic mass is 9.95. The Morgan fingerprint density at radius 3 is 2.74 bits per heavy atom. The van der Waals surface area contributed by atoms with Crippen molar-refractivity contribution in [3.63, 3.8) is 0 Å². The molecule has 0 saturated heterocycles. The second-order valence-corrected chi connectivity index (χ2v) is 5.75. The zero-order valence-corrected chi connectivity index (χ0v) is 12.0. The molecule has 0 bridgehead atoms. The number of rotatable bonds is 4. The van der Waals surface area contributed by atoms with Crippen LogP contribution in [0.5, 0.6) is 0 Å². The van der Waals surface area contributed by atoms with Crippen molar-refractivity contribution in [2.45, 2.75) is 32.2 Å². The van der Waals surface area contributed by atoms with Gasteiger partial charge in [0.05, 0.1) is 6.04 Å². The van der Waals surface area contributed by atoms with E-state index < -0.39 is 0 Å². The number of carbonyl (C=O) groups is 1. The Morgan fingerprint density at radius 2 is 2.11 bits per heavy atom. The number of nitrogens with one attached hydrogen (secondary N) is 1. The molecular formula is C15H21ClN2O. The van der Waals surface area contributed by atoms with Crippen LogP contribution >= 0.6 is 11.6 Å². The monoisotopic (exact) mass is 280 g/mol. The lowest BCUT2D eigenvalue weighted by molar-refractivity contribution is -0.126. The SMILES string of the molecule is C[C@@H](NC(=O)C1CCCC1CN)c1ccc(Cl)cc1. The third kappa shape index (κ3) is 3.48. The molecule has 3 atom stereocenters. The molecule has 1 fully saturated rings. The van der Waals surface area contributed by atoms with E-state index in [4.69, 9.17) is 17.3 Å². The second-order valence-electron chi connectivity index (χ2n) is 5.32. The average Bonchev–Trinajstić information content (AvgIpc) is 2.87. The van der Waals surface area contributed by atoms with Crippen LogP contribution in [-0.2, 0) is 4.79 Å². The predicted octanol–water partition coefficient (Wildman–Crippen LogP) is 2.89. The molecule has 1 aliphatic rings. The summed E-state index contributed by atoms with van der Waals surface area (Å²) in [6, 6.07) is 7.59. The Labute approximate surface area is 119 Å². The number of nitrogens with two attached hydrogens (primary N) is 1. The Kier molecular flexibility index (Phi) is 4.83. The van der Waals surface area contributed by atoms with Crippen LogP contribution in [0.15, 0.2) is 24.3 Å². The summed E-state index contributed by atoms with van der Waals surface area (Å²) in [6.45, 7) is 2.60. The minimum Gasteiger partial charge on any atom is -0.349 e. The van der Waals surface area contributed by atoms with Crippen LogP contribution in [0.1, 0.15) is 37.8 Å². The number of carbonyl (C=O) groups excluding carboxylic acids is 1. The molecule has 2 unspecified atom stereocenters. The fourth-order valence-corrected chi connectivity index (χ4v) is 2.95. The quantitative estimate of drug-likeness (QED) is 0.891. The summed E-state index contributed by atoms with van der Waals surface area (Å²) in [4.78, 5) is 12.3. The first-order valence-corrected chi connectivity index (χ1v) is 7.25. The van der Waals surface area contributed by atoms with Crippen molar-refractivity contribution in [2.24, 2.45) is 17.6 Å². The van der Waals surface area contributed by atoms with Crippen molar-refractivity contribution in [1.29, 1.82) is 0 Å². The summed E-state index contributed by atoms with van der Waals surface area (Å²) in [5, 5.41) is 3.79. The van der Waals surface area contributed by atoms with E-state index in [0.29, 0.717) is 17.5 Å². The number of halogens is 1. The molecule has 0 radical (unpaired) electrons. The molecule has 4 heteroatoms. The van der Waals surface area contributed by atoms with Crippen LogP contribution in [0.2, 0.25) is 5.02 Å². The summed E-state index contributed by atoms with van der Waals surface area (Å²) in [5.41, 5.74) is 6.80. The minimum absolute atomic E-state index is 0.00351. The fraction of sp³-hybridized carbons (Fsp3) is 0.533. The molecule has 0 spiro atoms. The van der Waals surface area contributed by atoms with E-state index in [1.165, 1.54) is 0 Å². The Balaban J connectivity index is 1.96. The molecule has 1 amide bonds. The summed E-state index contributed by atoms with van der Waals surface area (Å²) < 4.78 is 0. The van der Waals surface area contributed by atoms with Gasteiger partial charge >= 0.3 is 0 Å². The Morgan fingerprint density at radius 1 is 1.42 bits per heavy atom. The van der Waals surface area contributed by atoms with E-state index in [-0.39, 0.29) is 17.9 Å². The first-order chi connectivity index (χ1) is 9.11. The van der Waals surface area contributed by atoms with Crippen molar-refractivity contribution in [2.75, 3.05) is 6.54 Å². The van der Waals surface area contributed by atoms with Crippen molar-refractivity contribution in [3.8, 4) is 0 Å². The van der Waals surface area contributed by atoms with Gasteiger partial charge in [0.15, 0.2) is 0 Å². The average molecular weight is 281 g/mol. The topological polar surface area (TPSA) is 55.1 Å². The van der Waals surface area contributed by atoms with E-state index in [0.717, 1.165) is 24.8 Å². The molecule has 1 aromatic rings. The largest absolute Gasteiger partial charge is 0.349 e. The number of hydrogen-bond acceptors (Lipinski definition) is 2. The molecule has 3 N–H and O–H groups in total. The molecule has 104 valence electrons. The van der Waals surface area contributed by atoms with Crippen molar-refractivity contribution in [3.05, 3.63) is 34.9 Å². The first kappa shape index (κ1) is 14.4. The van der Waals surface area contributed by atoms with Gasteiger partial charge in [-0.05, 0) is 49.9 Å². The van der Waals surface area contributed by atoms with E-state index in [2.05, 4.69) is 5.32 Å². The number of benzene rings is 1. The Bertz CT molecular complexity index is 432. The highest BCUT2D eigenvalue weighted by atomic mass is 35.5. The summed E-state index contributed by atoms with van der Waals surface area (Å²) >= 11 is 5.86. The van der Waals surface area contributed by atoms with E-state index in [1.807, 2.05) is 31.2 Å². The molecule has 19 heavy (non-hydrogen) atoms. The second kappa shape index (κ2) is 6.40. The van der Waals surface area contributed by atoms with Gasteiger partial charge in [0, 0.05) is 10.9 Å². The van der Waals surface area contributed by atoms with Gasteiger partial charge in [-0.1, -0.05) is 30.2 Å². The molecule has 2 rings (SSSR count). The van der Waals surface area contributed by atoms with Gasteiger partial charge < -0.3 is 11.1 Å². The van der Waals surface area contributed by atoms with Crippen LogP contribution in [0.3, 0.4) is 0 Å². The maximum Gasteiger partial charge on any atom is 0.223 e.